The van der Waals surface area contributed by atoms with Crippen molar-refractivity contribution in [2.75, 3.05) is 12.4 Å². The van der Waals surface area contributed by atoms with Crippen molar-refractivity contribution in [3.8, 4) is 39.0 Å². The lowest BCUT2D eigenvalue weighted by Crippen LogP contribution is -2.17. The summed E-state index contributed by atoms with van der Waals surface area (Å²) in [7, 11) is 3.36. The van der Waals surface area contributed by atoms with Crippen molar-refractivity contribution in [1.29, 1.82) is 0 Å². The molecule has 192 valence electrons. The van der Waals surface area contributed by atoms with Crippen LogP contribution in [0.3, 0.4) is 0 Å². The van der Waals surface area contributed by atoms with Crippen LogP contribution in [0.2, 0.25) is 0 Å². The maximum absolute atomic E-state index is 15.6. The molecule has 0 radical (unpaired) electrons. The number of nitrogens with one attached hydrogen (secondary N) is 1. The number of hydrogen-bond acceptors (Lipinski definition) is 7. The number of carbonyl (C=O) groups is 1. The van der Waals surface area contributed by atoms with Crippen molar-refractivity contribution < 1.29 is 13.9 Å². The second kappa shape index (κ2) is 9.98. The Bertz CT molecular complexity index is 1630. The molecule has 38 heavy (non-hydrogen) atoms. The Labute approximate surface area is 223 Å². The first kappa shape index (κ1) is 24.2. The smallest absolute Gasteiger partial charge is 0.199 e. The number of thiophene rings is 1. The van der Waals surface area contributed by atoms with Gasteiger partial charge in [-0.25, -0.2) is 19.3 Å². The summed E-state index contributed by atoms with van der Waals surface area (Å²) in [6.45, 7) is 0. The van der Waals surface area contributed by atoms with E-state index >= 15 is 4.39 Å². The lowest BCUT2D eigenvalue weighted by molar-refractivity contribution is -0.110. The van der Waals surface area contributed by atoms with Gasteiger partial charge in [-0.1, -0.05) is 42.5 Å². The zero-order valence-corrected chi connectivity index (χ0v) is 21.8. The van der Waals surface area contributed by atoms with Crippen molar-refractivity contribution in [2.24, 2.45) is 13.0 Å². The summed E-state index contributed by atoms with van der Waals surface area (Å²) >= 11 is 1.42. The van der Waals surface area contributed by atoms with Gasteiger partial charge in [-0.15, -0.1) is 11.3 Å². The average molecular weight is 528 g/mol. The number of fused-ring (bicyclic) bond motifs is 1. The molecular formula is C29H26FN5O2S. The maximum Gasteiger partial charge on any atom is 0.199 e. The van der Waals surface area contributed by atoms with Gasteiger partial charge in [0.05, 0.1) is 12.5 Å². The normalized spacial score (nSPS) is 17.1. The van der Waals surface area contributed by atoms with E-state index in [4.69, 9.17) is 14.7 Å². The quantitative estimate of drug-likeness (QED) is 0.248. The third kappa shape index (κ3) is 4.22. The molecule has 0 unspecified atom stereocenters. The van der Waals surface area contributed by atoms with E-state index in [1.165, 1.54) is 18.4 Å². The highest BCUT2D eigenvalue weighted by Gasteiger charge is 2.29. The fourth-order valence-corrected chi connectivity index (χ4v) is 6.38. The molecule has 0 spiro atoms. The van der Waals surface area contributed by atoms with Crippen molar-refractivity contribution in [2.45, 2.75) is 25.3 Å². The Morgan fingerprint density at radius 1 is 1.13 bits per heavy atom. The highest BCUT2D eigenvalue weighted by molar-refractivity contribution is 7.22. The van der Waals surface area contributed by atoms with Crippen molar-refractivity contribution in [1.82, 2.24) is 19.5 Å². The zero-order chi connectivity index (χ0) is 26.2. The van der Waals surface area contributed by atoms with Gasteiger partial charge >= 0.3 is 0 Å². The van der Waals surface area contributed by atoms with E-state index in [1.54, 1.807) is 24.4 Å². The van der Waals surface area contributed by atoms with Crippen LogP contribution in [0, 0.1) is 11.7 Å². The standard InChI is InChI=1S/C29H26FN5O2S/c1-35-14-13-31-28(35)27-33-26(32-19-12-11-17(15-19)16-36)23-22(18-7-4-3-5-8-18)25(38-29(23)34-27)20-9-6-10-21(37-2)24(20)30/h3-10,13-14,16-17,19H,11-12,15H2,1-2H3,(H,32,33,34)/t17-,19+/m0/s1. The lowest BCUT2D eigenvalue weighted by atomic mass is 9.99. The Morgan fingerprint density at radius 2 is 1.97 bits per heavy atom. The van der Waals surface area contributed by atoms with Gasteiger partial charge in [0, 0.05) is 47.4 Å². The molecule has 3 heterocycles. The summed E-state index contributed by atoms with van der Waals surface area (Å²) < 4.78 is 22.8. The summed E-state index contributed by atoms with van der Waals surface area (Å²) in [6.07, 6.45) is 7.06. The fourth-order valence-electron chi connectivity index (χ4n) is 5.16. The molecule has 7 nitrogen and oxygen atoms in total. The molecule has 0 bridgehead atoms. The van der Waals surface area contributed by atoms with Gasteiger partial charge in [0.15, 0.2) is 23.2 Å². The first-order chi connectivity index (χ1) is 18.6. The van der Waals surface area contributed by atoms with Gasteiger partial charge in [0.2, 0.25) is 0 Å². The molecule has 1 saturated carbocycles. The molecule has 0 amide bonds. The Morgan fingerprint density at radius 3 is 2.68 bits per heavy atom. The van der Waals surface area contributed by atoms with Crippen LogP contribution in [0.1, 0.15) is 19.3 Å². The summed E-state index contributed by atoms with van der Waals surface area (Å²) in [4.78, 5) is 27.3. The Hall–Kier alpha value is -4.11. The number of nitrogens with zero attached hydrogens (tertiary/aromatic N) is 4. The molecule has 3 aromatic heterocycles. The van der Waals surface area contributed by atoms with Gasteiger partial charge in [0.25, 0.3) is 0 Å². The number of imidazole rings is 1. The van der Waals surface area contributed by atoms with E-state index in [9.17, 15) is 4.79 Å². The number of ether oxygens (including phenoxy) is 1. The first-order valence-corrected chi connectivity index (χ1v) is 13.3. The average Bonchev–Trinajstić information content (AvgIpc) is 3.67. The highest BCUT2D eigenvalue weighted by atomic mass is 32.1. The van der Waals surface area contributed by atoms with Gasteiger partial charge in [-0.3, -0.25) is 0 Å². The molecule has 2 atom stereocenters. The van der Waals surface area contributed by atoms with E-state index < -0.39 is 5.82 Å². The van der Waals surface area contributed by atoms with E-state index in [0.29, 0.717) is 23.0 Å². The van der Waals surface area contributed by atoms with Gasteiger partial charge in [-0.05, 0) is 30.9 Å². The minimum atomic E-state index is -0.421. The summed E-state index contributed by atoms with van der Waals surface area (Å²) in [5.41, 5.74) is 2.23. The van der Waals surface area contributed by atoms with Crippen LogP contribution in [0.15, 0.2) is 60.9 Å². The SMILES string of the molecule is COc1cccc(-c2sc3nc(-c4nccn4C)nc(N[C@@H]4CC[C@H](C=O)C4)c3c2-c2ccccc2)c1F. The molecule has 1 aliphatic rings. The third-order valence-electron chi connectivity index (χ3n) is 7.07. The predicted molar refractivity (Wildman–Crippen MR) is 148 cm³/mol. The number of rotatable bonds is 7. The Kier molecular flexibility index (Phi) is 6.37. The number of aryl methyl sites for hydroxylation is 1. The van der Waals surface area contributed by atoms with Gasteiger partial charge in [0.1, 0.15) is 16.9 Å². The number of halogens is 1. The molecule has 6 rings (SSSR count). The van der Waals surface area contributed by atoms with E-state index in [0.717, 1.165) is 51.8 Å². The molecule has 2 aromatic carbocycles. The zero-order valence-electron chi connectivity index (χ0n) is 21.0. The number of aromatic nitrogens is 4. The minimum absolute atomic E-state index is 0.0383. The number of aldehydes is 1. The number of methoxy groups -OCH3 is 1. The van der Waals surface area contributed by atoms with Crippen molar-refractivity contribution >= 4 is 33.7 Å². The van der Waals surface area contributed by atoms with Crippen LogP contribution in [0.25, 0.3) is 43.4 Å². The van der Waals surface area contributed by atoms with E-state index in [1.807, 2.05) is 48.1 Å². The molecule has 9 heteroatoms. The lowest BCUT2D eigenvalue weighted by Gasteiger charge is -2.16. The van der Waals surface area contributed by atoms with Crippen molar-refractivity contribution in [3.05, 3.63) is 66.7 Å². The molecule has 0 saturated heterocycles. The van der Waals surface area contributed by atoms with Crippen LogP contribution in [0.5, 0.6) is 5.75 Å². The van der Waals surface area contributed by atoms with Crippen molar-refractivity contribution in [3.63, 3.8) is 0 Å². The van der Waals surface area contributed by atoms with Crippen LogP contribution in [-0.4, -0.2) is 39.0 Å². The van der Waals surface area contributed by atoms with Gasteiger partial charge in [-0.2, -0.15) is 0 Å². The summed E-state index contributed by atoms with van der Waals surface area (Å²) in [6, 6.07) is 15.2. The number of anilines is 1. The topological polar surface area (TPSA) is 81.9 Å². The summed E-state index contributed by atoms with van der Waals surface area (Å²) in [5.74, 6) is 1.58. The predicted octanol–water partition coefficient (Wildman–Crippen LogP) is 6.35. The van der Waals surface area contributed by atoms with Crippen LogP contribution in [-0.2, 0) is 11.8 Å². The first-order valence-electron chi connectivity index (χ1n) is 12.5. The van der Waals surface area contributed by atoms with Crippen LogP contribution in [0.4, 0.5) is 10.2 Å². The summed E-state index contributed by atoms with van der Waals surface area (Å²) in [5, 5.41) is 4.45. The van der Waals surface area contributed by atoms with E-state index in [-0.39, 0.29) is 17.7 Å². The second-order valence-corrected chi connectivity index (χ2v) is 10.5. The molecule has 0 aliphatic heterocycles. The van der Waals surface area contributed by atoms with E-state index in [2.05, 4.69) is 10.3 Å². The number of hydrogen-bond donors (Lipinski definition) is 1. The van der Waals surface area contributed by atoms with Gasteiger partial charge < -0.3 is 19.4 Å². The minimum Gasteiger partial charge on any atom is -0.494 e. The van der Waals surface area contributed by atoms with Crippen LogP contribution < -0.4 is 10.1 Å². The highest BCUT2D eigenvalue weighted by Crippen LogP contribution is 2.48. The number of benzene rings is 2. The number of carbonyl (C=O) groups excluding carboxylic acids is 1. The molecule has 1 aliphatic carbocycles. The third-order valence-corrected chi connectivity index (χ3v) is 8.19. The monoisotopic (exact) mass is 527 g/mol. The fraction of sp³-hybridized carbons (Fsp3) is 0.241. The largest absolute Gasteiger partial charge is 0.494 e. The molecule has 1 N–H and O–H groups in total. The Balaban J connectivity index is 1.63. The molecule has 1 fully saturated rings. The second-order valence-electron chi connectivity index (χ2n) is 9.48. The molecule has 5 aromatic rings. The molecular weight excluding hydrogens is 501 g/mol. The van der Waals surface area contributed by atoms with Crippen LogP contribution >= 0.6 is 11.3 Å². The maximum atomic E-state index is 15.6.